The highest BCUT2D eigenvalue weighted by molar-refractivity contribution is 5.37. The second kappa shape index (κ2) is 6.41. The lowest BCUT2D eigenvalue weighted by Gasteiger charge is -2.10. The summed E-state index contributed by atoms with van der Waals surface area (Å²) in [5.74, 6) is 1.67. The minimum absolute atomic E-state index is 0.296. The van der Waals surface area contributed by atoms with Crippen LogP contribution in [0.3, 0.4) is 0 Å². The van der Waals surface area contributed by atoms with Crippen LogP contribution in [0.5, 0.6) is 11.5 Å². The van der Waals surface area contributed by atoms with Gasteiger partial charge in [-0.3, -0.25) is 0 Å². The van der Waals surface area contributed by atoms with Crippen molar-refractivity contribution in [3.63, 3.8) is 0 Å². The molecule has 0 aromatic heterocycles. The zero-order valence-corrected chi connectivity index (χ0v) is 10.5. The van der Waals surface area contributed by atoms with E-state index in [1.165, 1.54) is 0 Å². The van der Waals surface area contributed by atoms with Crippen LogP contribution < -0.4 is 4.74 Å². The molecule has 90 valence electrons. The molecule has 0 unspecified atom stereocenters. The van der Waals surface area contributed by atoms with E-state index in [1.54, 1.807) is 6.07 Å². The fourth-order valence-corrected chi connectivity index (χ4v) is 1.65. The monoisotopic (exact) mass is 222 g/mol. The molecule has 1 N–H and O–H groups in total. The molecule has 1 aromatic carbocycles. The van der Waals surface area contributed by atoms with E-state index in [4.69, 9.17) is 4.74 Å². The molecule has 0 aliphatic heterocycles. The van der Waals surface area contributed by atoms with Crippen molar-refractivity contribution in [1.82, 2.24) is 0 Å². The van der Waals surface area contributed by atoms with Crippen molar-refractivity contribution in [2.45, 2.75) is 40.0 Å². The van der Waals surface area contributed by atoms with Crippen molar-refractivity contribution in [2.24, 2.45) is 5.92 Å². The van der Waals surface area contributed by atoms with Crippen LogP contribution in [0.4, 0.5) is 0 Å². The number of benzene rings is 1. The molecule has 0 fully saturated rings. The maximum Gasteiger partial charge on any atom is 0.123 e. The Kier molecular flexibility index (Phi) is 5.17. The molecular weight excluding hydrogens is 200 g/mol. The first-order chi connectivity index (χ1) is 7.61. The van der Waals surface area contributed by atoms with Gasteiger partial charge in [-0.05, 0) is 36.5 Å². The number of aromatic hydroxyl groups is 1. The Morgan fingerprint density at radius 2 is 2.00 bits per heavy atom. The number of unbranched alkanes of at least 4 members (excludes halogenated alkanes) is 1. The predicted molar refractivity (Wildman–Crippen MR) is 67.1 cm³/mol. The molecule has 0 saturated heterocycles. The number of phenols is 1. The molecule has 1 rings (SSSR count). The highest BCUT2D eigenvalue weighted by Gasteiger charge is 2.03. The van der Waals surface area contributed by atoms with Crippen LogP contribution >= 0.6 is 0 Å². The summed E-state index contributed by atoms with van der Waals surface area (Å²) < 4.78 is 5.59. The molecule has 0 heterocycles. The first-order valence-electron chi connectivity index (χ1n) is 6.07. The lowest BCUT2D eigenvalue weighted by molar-refractivity contribution is 0.307. The Bertz CT molecular complexity index is 319. The third-order valence-electron chi connectivity index (χ3n) is 2.36. The van der Waals surface area contributed by atoms with Gasteiger partial charge < -0.3 is 9.84 Å². The number of ether oxygens (including phenoxy) is 1. The molecule has 0 atom stereocenters. The van der Waals surface area contributed by atoms with E-state index in [2.05, 4.69) is 20.8 Å². The van der Waals surface area contributed by atoms with Crippen molar-refractivity contribution < 1.29 is 9.84 Å². The van der Waals surface area contributed by atoms with E-state index in [9.17, 15) is 5.11 Å². The Morgan fingerprint density at radius 1 is 1.25 bits per heavy atom. The summed E-state index contributed by atoms with van der Waals surface area (Å²) in [4.78, 5) is 0. The summed E-state index contributed by atoms with van der Waals surface area (Å²) in [6.07, 6.45) is 3.14. The zero-order chi connectivity index (χ0) is 12.0. The highest BCUT2D eigenvalue weighted by Crippen LogP contribution is 2.23. The van der Waals surface area contributed by atoms with Gasteiger partial charge in [-0.25, -0.2) is 0 Å². The van der Waals surface area contributed by atoms with Gasteiger partial charge in [0.15, 0.2) is 0 Å². The summed E-state index contributed by atoms with van der Waals surface area (Å²) >= 11 is 0. The third-order valence-corrected chi connectivity index (χ3v) is 2.36. The number of rotatable bonds is 6. The minimum atomic E-state index is 0.296. The normalized spacial score (nSPS) is 10.8. The number of hydrogen-bond acceptors (Lipinski definition) is 2. The molecular formula is C14H22O2. The van der Waals surface area contributed by atoms with E-state index in [0.29, 0.717) is 11.7 Å². The van der Waals surface area contributed by atoms with Gasteiger partial charge in [0, 0.05) is 6.07 Å². The van der Waals surface area contributed by atoms with Crippen molar-refractivity contribution in [3.8, 4) is 11.5 Å². The van der Waals surface area contributed by atoms with E-state index < -0.39 is 0 Å². The molecule has 0 amide bonds. The van der Waals surface area contributed by atoms with Gasteiger partial charge in [0.25, 0.3) is 0 Å². The molecule has 1 aromatic rings. The van der Waals surface area contributed by atoms with Crippen molar-refractivity contribution >= 4 is 0 Å². The summed E-state index contributed by atoms with van der Waals surface area (Å²) in [5, 5.41) is 9.58. The van der Waals surface area contributed by atoms with Crippen LogP contribution in [0.2, 0.25) is 0 Å². The van der Waals surface area contributed by atoms with Gasteiger partial charge in [-0.1, -0.05) is 27.2 Å². The molecule has 0 radical (unpaired) electrons. The van der Waals surface area contributed by atoms with Crippen LogP contribution in [-0.2, 0) is 6.42 Å². The van der Waals surface area contributed by atoms with Crippen LogP contribution in [0.1, 0.15) is 39.2 Å². The molecule has 16 heavy (non-hydrogen) atoms. The first kappa shape index (κ1) is 12.9. The van der Waals surface area contributed by atoms with E-state index in [1.807, 2.05) is 12.1 Å². The SMILES string of the molecule is CCCCOc1cc(O)cc(CC(C)C)c1. The van der Waals surface area contributed by atoms with Crippen molar-refractivity contribution in [3.05, 3.63) is 23.8 Å². The van der Waals surface area contributed by atoms with Gasteiger partial charge in [0.2, 0.25) is 0 Å². The van der Waals surface area contributed by atoms with Gasteiger partial charge in [0.1, 0.15) is 11.5 Å². The van der Waals surface area contributed by atoms with Crippen molar-refractivity contribution in [2.75, 3.05) is 6.61 Å². The van der Waals surface area contributed by atoms with Crippen LogP contribution in [0.15, 0.2) is 18.2 Å². The second-order valence-corrected chi connectivity index (χ2v) is 4.64. The predicted octanol–water partition coefficient (Wildman–Crippen LogP) is 3.77. The Hall–Kier alpha value is -1.18. The van der Waals surface area contributed by atoms with Crippen LogP contribution in [0.25, 0.3) is 0 Å². The Morgan fingerprint density at radius 3 is 2.62 bits per heavy atom. The number of phenolic OH excluding ortho intramolecular Hbond substituents is 1. The summed E-state index contributed by atoms with van der Waals surface area (Å²) in [6.45, 7) is 7.19. The van der Waals surface area contributed by atoms with Crippen molar-refractivity contribution in [1.29, 1.82) is 0 Å². The van der Waals surface area contributed by atoms with Gasteiger partial charge in [0.05, 0.1) is 6.61 Å². The highest BCUT2D eigenvalue weighted by atomic mass is 16.5. The fourth-order valence-electron chi connectivity index (χ4n) is 1.65. The molecule has 0 saturated carbocycles. The zero-order valence-electron chi connectivity index (χ0n) is 10.5. The molecule has 0 aliphatic rings. The molecule has 0 bridgehead atoms. The maximum atomic E-state index is 9.58. The summed E-state index contributed by atoms with van der Waals surface area (Å²) in [5.41, 5.74) is 1.14. The number of hydrogen-bond donors (Lipinski definition) is 1. The summed E-state index contributed by atoms with van der Waals surface area (Å²) in [6, 6.07) is 5.52. The second-order valence-electron chi connectivity index (χ2n) is 4.64. The topological polar surface area (TPSA) is 29.5 Å². The standard InChI is InChI=1S/C14H22O2/c1-4-5-6-16-14-9-12(7-11(2)3)8-13(15)10-14/h8-11,15H,4-7H2,1-3H3. The van der Waals surface area contributed by atoms with E-state index in [0.717, 1.165) is 37.2 Å². The Balaban J connectivity index is 2.65. The first-order valence-corrected chi connectivity index (χ1v) is 6.07. The quantitative estimate of drug-likeness (QED) is 0.742. The Labute approximate surface area is 98.3 Å². The van der Waals surface area contributed by atoms with E-state index in [-0.39, 0.29) is 0 Å². The molecule has 2 heteroatoms. The smallest absolute Gasteiger partial charge is 0.123 e. The van der Waals surface area contributed by atoms with Crippen LogP contribution in [0, 0.1) is 5.92 Å². The third kappa shape index (κ3) is 4.56. The average Bonchev–Trinajstić information content (AvgIpc) is 2.16. The largest absolute Gasteiger partial charge is 0.508 e. The van der Waals surface area contributed by atoms with E-state index >= 15 is 0 Å². The van der Waals surface area contributed by atoms with Gasteiger partial charge in [-0.2, -0.15) is 0 Å². The maximum absolute atomic E-state index is 9.58. The summed E-state index contributed by atoms with van der Waals surface area (Å²) in [7, 11) is 0. The molecule has 0 aliphatic carbocycles. The van der Waals surface area contributed by atoms with Gasteiger partial charge >= 0.3 is 0 Å². The minimum Gasteiger partial charge on any atom is -0.508 e. The van der Waals surface area contributed by atoms with Crippen LogP contribution in [-0.4, -0.2) is 11.7 Å². The average molecular weight is 222 g/mol. The molecule has 0 spiro atoms. The fraction of sp³-hybridized carbons (Fsp3) is 0.571. The lowest BCUT2D eigenvalue weighted by Crippen LogP contribution is -1.98. The molecule has 2 nitrogen and oxygen atoms in total. The van der Waals surface area contributed by atoms with Gasteiger partial charge in [-0.15, -0.1) is 0 Å². The lowest BCUT2D eigenvalue weighted by atomic mass is 10.0.